The second-order valence-electron chi connectivity index (χ2n) is 6.73. The van der Waals surface area contributed by atoms with Gasteiger partial charge in [-0.15, -0.1) is 11.3 Å². The van der Waals surface area contributed by atoms with Crippen molar-refractivity contribution < 1.29 is 13.2 Å². The second kappa shape index (κ2) is 7.36. The number of aromatic nitrogens is 1. The lowest BCUT2D eigenvalue weighted by atomic mass is 10.00. The van der Waals surface area contributed by atoms with E-state index in [0.717, 1.165) is 61.6 Å². The summed E-state index contributed by atoms with van der Waals surface area (Å²) in [6, 6.07) is 5.55. The summed E-state index contributed by atoms with van der Waals surface area (Å²) in [4.78, 5) is 8.54. The molecule has 2 aliphatic rings. The maximum Gasteiger partial charge on any atom is 0.240 e. The van der Waals surface area contributed by atoms with Crippen molar-refractivity contribution in [2.75, 3.05) is 20.2 Å². The third-order valence-electron chi connectivity index (χ3n) is 5.02. The minimum absolute atomic E-state index is 0.171. The Labute approximate surface area is 158 Å². The molecule has 1 N–H and O–H groups in total. The fraction of sp³-hybridized carbons (Fsp3) is 0.500. The van der Waals surface area contributed by atoms with Crippen molar-refractivity contribution in [3.63, 3.8) is 0 Å². The van der Waals surface area contributed by atoms with E-state index in [1.54, 1.807) is 17.4 Å². The first kappa shape index (κ1) is 18.1. The van der Waals surface area contributed by atoms with Gasteiger partial charge in [-0.25, -0.2) is 18.1 Å². The molecule has 1 atom stereocenters. The predicted molar refractivity (Wildman–Crippen MR) is 101 cm³/mol. The van der Waals surface area contributed by atoms with Crippen LogP contribution in [0.4, 0.5) is 0 Å². The van der Waals surface area contributed by atoms with E-state index in [4.69, 9.17) is 4.74 Å². The lowest BCUT2D eigenvalue weighted by molar-refractivity contribution is 0.111. The standard InChI is InChI=1S/C18H23N3O3S2/c1-19-26(22,23)17-6-2-4-13-11-21(8-7-15(13)17)12-14-10-20-18(25-14)16-5-3-9-24-16/h2,4,6,10,16,19H,3,5,7-9,11-12H2,1H3. The number of rotatable bonds is 5. The summed E-state index contributed by atoms with van der Waals surface area (Å²) in [5, 5.41) is 1.08. The van der Waals surface area contributed by atoms with Gasteiger partial charge in [0.05, 0.1) is 4.90 Å². The highest BCUT2D eigenvalue weighted by Crippen LogP contribution is 2.32. The van der Waals surface area contributed by atoms with Crippen LogP contribution in [0.25, 0.3) is 0 Å². The van der Waals surface area contributed by atoms with E-state index >= 15 is 0 Å². The molecule has 140 valence electrons. The van der Waals surface area contributed by atoms with Crippen LogP contribution in [0, 0.1) is 0 Å². The number of sulfonamides is 1. The van der Waals surface area contributed by atoms with Crippen LogP contribution in [0.15, 0.2) is 29.3 Å². The lowest BCUT2D eigenvalue weighted by Gasteiger charge is -2.29. The molecule has 26 heavy (non-hydrogen) atoms. The fourth-order valence-electron chi connectivity index (χ4n) is 3.67. The Balaban J connectivity index is 1.48. The van der Waals surface area contributed by atoms with E-state index in [2.05, 4.69) is 14.6 Å². The molecule has 4 rings (SSSR count). The van der Waals surface area contributed by atoms with Crippen LogP contribution in [0.1, 0.15) is 40.0 Å². The highest BCUT2D eigenvalue weighted by atomic mass is 32.2. The van der Waals surface area contributed by atoms with Crippen molar-refractivity contribution in [1.29, 1.82) is 0 Å². The van der Waals surface area contributed by atoms with E-state index in [9.17, 15) is 8.42 Å². The third kappa shape index (κ3) is 3.57. The van der Waals surface area contributed by atoms with E-state index in [1.807, 2.05) is 18.3 Å². The van der Waals surface area contributed by atoms with Gasteiger partial charge in [0, 0.05) is 37.3 Å². The van der Waals surface area contributed by atoms with Crippen LogP contribution in [-0.4, -0.2) is 38.5 Å². The number of thiazole rings is 1. The molecule has 1 aromatic carbocycles. The minimum Gasteiger partial charge on any atom is -0.371 e. The third-order valence-corrected chi connectivity index (χ3v) is 7.59. The molecule has 1 aromatic heterocycles. The molecule has 0 amide bonds. The SMILES string of the molecule is CNS(=O)(=O)c1cccc2c1CCN(Cc1cnc(C3CCCO3)s1)C2. The van der Waals surface area contributed by atoms with Gasteiger partial charge in [-0.05, 0) is 43.5 Å². The normalized spacial score (nSPS) is 21.0. The van der Waals surface area contributed by atoms with Crippen molar-refractivity contribution in [3.8, 4) is 0 Å². The zero-order valence-electron chi connectivity index (χ0n) is 14.8. The van der Waals surface area contributed by atoms with E-state index in [-0.39, 0.29) is 6.10 Å². The quantitative estimate of drug-likeness (QED) is 0.845. The summed E-state index contributed by atoms with van der Waals surface area (Å²) in [7, 11) is -1.95. The maximum atomic E-state index is 12.2. The minimum atomic E-state index is -3.41. The Morgan fingerprint density at radius 2 is 2.31 bits per heavy atom. The van der Waals surface area contributed by atoms with Crippen LogP contribution in [-0.2, 0) is 34.3 Å². The van der Waals surface area contributed by atoms with Crippen LogP contribution >= 0.6 is 11.3 Å². The smallest absolute Gasteiger partial charge is 0.240 e. The molecular formula is C18H23N3O3S2. The first-order valence-electron chi connectivity index (χ1n) is 8.89. The van der Waals surface area contributed by atoms with Gasteiger partial charge in [0.15, 0.2) is 0 Å². The molecule has 0 radical (unpaired) electrons. The molecule has 8 heteroatoms. The largest absolute Gasteiger partial charge is 0.371 e. The average Bonchev–Trinajstić information content (AvgIpc) is 3.32. The molecular weight excluding hydrogens is 370 g/mol. The second-order valence-corrected chi connectivity index (χ2v) is 9.73. The molecule has 2 aromatic rings. The van der Waals surface area contributed by atoms with Crippen molar-refractivity contribution in [2.45, 2.75) is 43.4 Å². The summed E-state index contributed by atoms with van der Waals surface area (Å²) < 4.78 is 32.6. The molecule has 0 bridgehead atoms. The number of fused-ring (bicyclic) bond motifs is 1. The summed E-state index contributed by atoms with van der Waals surface area (Å²) in [6.07, 6.45) is 5.04. The van der Waals surface area contributed by atoms with Crippen LogP contribution < -0.4 is 4.72 Å². The van der Waals surface area contributed by atoms with Crippen LogP contribution in [0.2, 0.25) is 0 Å². The van der Waals surface area contributed by atoms with Crippen molar-refractivity contribution in [2.24, 2.45) is 0 Å². The summed E-state index contributed by atoms with van der Waals surface area (Å²) >= 11 is 1.73. The molecule has 0 saturated carbocycles. The first-order chi connectivity index (χ1) is 12.6. The van der Waals surface area contributed by atoms with E-state index in [1.165, 1.54) is 11.9 Å². The number of ether oxygens (including phenoxy) is 1. The first-order valence-corrected chi connectivity index (χ1v) is 11.2. The molecule has 1 unspecified atom stereocenters. The van der Waals surface area contributed by atoms with Gasteiger partial charge in [0.25, 0.3) is 0 Å². The number of nitrogens with zero attached hydrogens (tertiary/aromatic N) is 2. The highest BCUT2D eigenvalue weighted by molar-refractivity contribution is 7.89. The maximum absolute atomic E-state index is 12.2. The molecule has 1 fully saturated rings. The van der Waals surface area contributed by atoms with Gasteiger partial charge in [0.1, 0.15) is 11.1 Å². The Bertz CT molecular complexity index is 889. The average molecular weight is 394 g/mol. The number of hydrogen-bond donors (Lipinski definition) is 1. The molecule has 2 aliphatic heterocycles. The number of benzene rings is 1. The monoisotopic (exact) mass is 393 g/mol. The predicted octanol–water partition coefficient (Wildman–Crippen LogP) is 2.46. The summed E-state index contributed by atoms with van der Waals surface area (Å²) in [5.41, 5.74) is 2.04. The van der Waals surface area contributed by atoms with Crippen molar-refractivity contribution in [3.05, 3.63) is 45.4 Å². The zero-order chi connectivity index (χ0) is 18.1. The zero-order valence-corrected chi connectivity index (χ0v) is 16.4. The van der Waals surface area contributed by atoms with E-state index in [0.29, 0.717) is 4.90 Å². The van der Waals surface area contributed by atoms with Crippen LogP contribution in [0.5, 0.6) is 0 Å². The Morgan fingerprint density at radius 1 is 1.42 bits per heavy atom. The van der Waals surface area contributed by atoms with Gasteiger partial charge < -0.3 is 4.74 Å². The molecule has 0 aliphatic carbocycles. The van der Waals surface area contributed by atoms with E-state index < -0.39 is 10.0 Å². The van der Waals surface area contributed by atoms with Crippen molar-refractivity contribution >= 4 is 21.4 Å². The summed E-state index contributed by atoms with van der Waals surface area (Å²) in [5.74, 6) is 0. The molecule has 1 saturated heterocycles. The number of nitrogens with one attached hydrogen (secondary N) is 1. The molecule has 3 heterocycles. The van der Waals surface area contributed by atoms with Gasteiger partial charge in [-0.2, -0.15) is 0 Å². The fourth-order valence-corrected chi connectivity index (χ4v) is 5.75. The molecule has 0 spiro atoms. The number of hydrogen-bond acceptors (Lipinski definition) is 6. The lowest BCUT2D eigenvalue weighted by Crippen LogP contribution is -2.31. The van der Waals surface area contributed by atoms with Crippen molar-refractivity contribution in [1.82, 2.24) is 14.6 Å². The Morgan fingerprint density at radius 3 is 3.08 bits per heavy atom. The van der Waals surface area contributed by atoms with Crippen LogP contribution in [0.3, 0.4) is 0 Å². The summed E-state index contributed by atoms with van der Waals surface area (Å²) in [6.45, 7) is 3.28. The Kier molecular flexibility index (Phi) is 5.11. The highest BCUT2D eigenvalue weighted by Gasteiger charge is 2.25. The van der Waals surface area contributed by atoms with Gasteiger partial charge in [0.2, 0.25) is 10.0 Å². The van der Waals surface area contributed by atoms with Gasteiger partial charge >= 0.3 is 0 Å². The molecule has 6 nitrogen and oxygen atoms in total. The Hall–Kier alpha value is -1.32. The van der Waals surface area contributed by atoms with Gasteiger partial charge in [-0.1, -0.05) is 12.1 Å². The topological polar surface area (TPSA) is 71.5 Å². The van der Waals surface area contributed by atoms with Gasteiger partial charge in [-0.3, -0.25) is 4.90 Å².